The van der Waals surface area contributed by atoms with Crippen LogP contribution >= 0.6 is 0 Å². The normalized spacial score (nSPS) is 17.2. The molecule has 1 aromatic carbocycles. The van der Waals surface area contributed by atoms with Crippen LogP contribution in [0.1, 0.15) is 11.5 Å². The van der Waals surface area contributed by atoms with Crippen LogP contribution in [-0.2, 0) is 14.6 Å². The average molecular weight is 440 g/mol. The second-order valence-electron chi connectivity index (χ2n) is 7.40. The number of aromatic nitrogens is 5. The highest BCUT2D eigenvalue weighted by molar-refractivity contribution is 7.95. The molecule has 1 aliphatic rings. The quantitative estimate of drug-likeness (QED) is 0.444. The third kappa shape index (κ3) is 3.40. The van der Waals surface area contributed by atoms with Crippen LogP contribution in [0.15, 0.2) is 51.9 Å². The lowest BCUT2D eigenvalue weighted by Crippen LogP contribution is -2.51. The van der Waals surface area contributed by atoms with Crippen LogP contribution in [-0.4, -0.2) is 60.0 Å². The Labute approximate surface area is 179 Å². The van der Waals surface area contributed by atoms with Crippen molar-refractivity contribution in [3.63, 3.8) is 0 Å². The zero-order chi connectivity index (χ0) is 21.6. The second kappa shape index (κ2) is 7.52. The first kappa shape index (κ1) is 19.8. The van der Waals surface area contributed by atoms with Gasteiger partial charge in [0.25, 0.3) is 0 Å². The van der Waals surface area contributed by atoms with E-state index in [9.17, 15) is 8.76 Å². The molecule has 0 N–H and O–H groups in total. The number of hydrogen-bond donors (Lipinski definition) is 0. The lowest BCUT2D eigenvalue weighted by atomic mass is 10.2. The minimum Gasteiger partial charge on any atom is -0.593 e. The Hall–Kier alpha value is -3.15. The van der Waals surface area contributed by atoms with Crippen molar-refractivity contribution >= 4 is 21.9 Å². The molecule has 0 amide bonds. The third-order valence-electron chi connectivity index (χ3n) is 5.41. The fourth-order valence-electron chi connectivity index (χ4n) is 3.84. The number of fused-ring (bicyclic) bond motifs is 1. The Balaban J connectivity index is 1.38. The van der Waals surface area contributed by atoms with Crippen molar-refractivity contribution in [2.24, 2.45) is 0 Å². The van der Waals surface area contributed by atoms with E-state index < -0.39 is 10.4 Å². The van der Waals surface area contributed by atoms with Crippen LogP contribution < -0.4 is 4.90 Å². The van der Waals surface area contributed by atoms with Gasteiger partial charge in [-0.2, -0.15) is 4.52 Å². The van der Waals surface area contributed by atoms with Gasteiger partial charge in [0.05, 0.1) is 13.1 Å². The van der Waals surface area contributed by atoms with Gasteiger partial charge in [-0.15, -0.1) is 19.6 Å². The van der Waals surface area contributed by atoms with Crippen molar-refractivity contribution in [1.82, 2.24) is 29.3 Å². The molecular weight excluding hydrogens is 418 g/mol. The summed E-state index contributed by atoms with van der Waals surface area (Å²) in [6.45, 7) is 4.99. The molecular formula is C20H21N7O3S. The number of piperazine rings is 1. The van der Waals surface area contributed by atoms with E-state index in [1.807, 2.05) is 42.5 Å². The van der Waals surface area contributed by atoms with Crippen molar-refractivity contribution in [3.8, 4) is 11.4 Å². The Bertz CT molecular complexity index is 1260. The molecule has 0 spiro atoms. The number of aryl methyl sites for hydroxylation is 2. The van der Waals surface area contributed by atoms with Crippen molar-refractivity contribution in [2.75, 3.05) is 31.1 Å². The molecule has 1 atom stereocenters. The van der Waals surface area contributed by atoms with E-state index in [-0.39, 0.29) is 4.90 Å². The van der Waals surface area contributed by atoms with E-state index in [0.717, 1.165) is 11.4 Å². The molecule has 0 bridgehead atoms. The molecule has 4 heterocycles. The van der Waals surface area contributed by atoms with Gasteiger partial charge >= 0.3 is 0 Å². The molecule has 10 nitrogen and oxygen atoms in total. The molecule has 3 aromatic heterocycles. The van der Waals surface area contributed by atoms with Crippen molar-refractivity contribution < 1.29 is 13.3 Å². The standard InChI is InChI=1S/C20H21N7O3S/c1-14-19(15(2)30-24-14)31(28,29)26-12-10-25(11-13-26)18-9-8-17-21-22-20(27(17)23-18)16-6-4-3-5-7-16/h3-9H,10-13H2,1-2H3. The second-order valence-corrected chi connectivity index (χ2v) is 9.27. The third-order valence-corrected chi connectivity index (χ3v) is 7.55. The van der Waals surface area contributed by atoms with Gasteiger partial charge in [0.1, 0.15) is 11.5 Å². The van der Waals surface area contributed by atoms with Crippen molar-refractivity contribution in [1.29, 1.82) is 0 Å². The molecule has 11 heteroatoms. The number of rotatable bonds is 4. The summed E-state index contributed by atoms with van der Waals surface area (Å²) in [4.78, 5) is 2.23. The molecule has 31 heavy (non-hydrogen) atoms. The van der Waals surface area contributed by atoms with Crippen LogP contribution in [0.25, 0.3) is 17.0 Å². The lowest BCUT2D eigenvalue weighted by molar-refractivity contribution is 0.335. The van der Waals surface area contributed by atoms with Crippen molar-refractivity contribution in [2.45, 2.75) is 18.7 Å². The number of anilines is 1. The highest BCUT2D eigenvalue weighted by atomic mass is 32.3. The van der Waals surface area contributed by atoms with Crippen LogP contribution in [0.3, 0.4) is 0 Å². The number of hydrogen-bond acceptors (Lipinski definition) is 8. The van der Waals surface area contributed by atoms with Crippen LogP contribution in [0.2, 0.25) is 0 Å². The van der Waals surface area contributed by atoms with Crippen LogP contribution in [0.4, 0.5) is 5.82 Å². The van der Waals surface area contributed by atoms with Gasteiger partial charge in [0.15, 0.2) is 27.6 Å². The number of nitrogens with zero attached hydrogens (tertiary/aromatic N) is 7. The van der Waals surface area contributed by atoms with E-state index >= 15 is 0 Å². The Morgan fingerprint density at radius 3 is 2.42 bits per heavy atom. The molecule has 1 saturated heterocycles. The molecule has 0 radical (unpaired) electrons. The molecule has 4 aromatic rings. The van der Waals surface area contributed by atoms with Crippen LogP contribution in [0.5, 0.6) is 0 Å². The topological polar surface area (TPSA) is 116 Å². The minimum atomic E-state index is -3.65. The summed E-state index contributed by atoms with van der Waals surface area (Å²) in [7, 11) is -3.65. The highest BCUT2D eigenvalue weighted by Gasteiger charge is 2.38. The predicted molar refractivity (Wildman–Crippen MR) is 113 cm³/mol. The first-order valence-electron chi connectivity index (χ1n) is 9.91. The maximum atomic E-state index is 13.0. The van der Waals surface area contributed by atoms with Gasteiger partial charge in [0.2, 0.25) is 4.90 Å². The molecule has 0 aliphatic carbocycles. The number of sulfonamides is 1. The molecule has 160 valence electrons. The van der Waals surface area contributed by atoms with E-state index in [1.165, 1.54) is 4.31 Å². The van der Waals surface area contributed by atoms with Gasteiger partial charge in [-0.25, -0.2) is 0 Å². The van der Waals surface area contributed by atoms with E-state index in [2.05, 4.69) is 20.3 Å². The minimum absolute atomic E-state index is 0.164. The van der Waals surface area contributed by atoms with E-state index in [4.69, 9.17) is 9.62 Å². The molecule has 5 rings (SSSR count). The van der Waals surface area contributed by atoms with Gasteiger partial charge in [-0.3, -0.25) is 0 Å². The van der Waals surface area contributed by atoms with Crippen LogP contribution in [0, 0.1) is 13.8 Å². The first-order valence-corrected chi connectivity index (χ1v) is 11.3. The lowest BCUT2D eigenvalue weighted by Gasteiger charge is -2.35. The molecule has 1 fully saturated rings. The smallest absolute Gasteiger partial charge is 0.240 e. The Kier molecular flexibility index (Phi) is 4.80. The summed E-state index contributed by atoms with van der Waals surface area (Å²) in [6.07, 6.45) is 0. The molecule has 0 saturated carbocycles. The zero-order valence-corrected chi connectivity index (χ0v) is 17.9. The van der Waals surface area contributed by atoms with Gasteiger partial charge in [-0.05, 0) is 19.1 Å². The van der Waals surface area contributed by atoms with Gasteiger partial charge in [0, 0.05) is 25.6 Å². The van der Waals surface area contributed by atoms with E-state index in [1.54, 1.807) is 18.4 Å². The maximum Gasteiger partial charge on any atom is 0.240 e. The number of benzene rings is 1. The molecule has 1 unspecified atom stereocenters. The predicted octanol–water partition coefficient (Wildman–Crippen LogP) is 2.12. The highest BCUT2D eigenvalue weighted by Crippen LogP contribution is 2.29. The molecule has 1 aliphatic heterocycles. The summed E-state index contributed by atoms with van der Waals surface area (Å²) < 4.78 is 34.3. The fourth-order valence-corrected chi connectivity index (χ4v) is 5.56. The summed E-state index contributed by atoms with van der Waals surface area (Å²) in [5.41, 5.74) is 1.96. The van der Waals surface area contributed by atoms with Gasteiger partial charge in [-0.1, -0.05) is 39.7 Å². The summed E-state index contributed by atoms with van der Waals surface area (Å²) in [6, 6.07) is 13.5. The average Bonchev–Trinajstić information content (AvgIpc) is 3.37. The summed E-state index contributed by atoms with van der Waals surface area (Å²) in [5, 5.41) is 17.0. The van der Waals surface area contributed by atoms with Gasteiger partial charge < -0.3 is 14.0 Å². The maximum absolute atomic E-state index is 13.0. The summed E-state index contributed by atoms with van der Waals surface area (Å²) >= 11 is 0. The summed E-state index contributed by atoms with van der Waals surface area (Å²) in [5.74, 6) is 1.73. The SMILES string of the molecule is Cc1noc(C)c1[S+](=O)([O-])N1CCN(c2ccc3nnc(-c4ccccc4)n3n2)CC1. The largest absolute Gasteiger partial charge is 0.593 e. The van der Waals surface area contributed by atoms with E-state index in [0.29, 0.717) is 49.1 Å². The fraction of sp³-hybridized carbons (Fsp3) is 0.300. The monoisotopic (exact) mass is 439 g/mol. The Morgan fingerprint density at radius 2 is 1.74 bits per heavy atom. The van der Waals surface area contributed by atoms with Crippen molar-refractivity contribution in [3.05, 3.63) is 53.9 Å². The zero-order valence-electron chi connectivity index (χ0n) is 17.1. The Morgan fingerprint density at radius 1 is 1.00 bits per heavy atom. The first-order chi connectivity index (χ1) is 14.9.